The van der Waals surface area contributed by atoms with E-state index in [4.69, 9.17) is 0 Å². The van der Waals surface area contributed by atoms with Crippen molar-refractivity contribution in [2.45, 2.75) is 75.0 Å². The number of hydrogen-bond donors (Lipinski definition) is 2. The number of nitrogens with zero attached hydrogens (tertiary/aromatic N) is 1. The van der Waals surface area contributed by atoms with E-state index in [1.807, 2.05) is 0 Å². The van der Waals surface area contributed by atoms with Crippen molar-refractivity contribution < 1.29 is 44.3 Å². The minimum Gasteiger partial charge on any atom is -0.404 e. The summed E-state index contributed by atoms with van der Waals surface area (Å²) in [5, 5.41) is 5.95. The lowest BCUT2D eigenvalue weighted by atomic mass is 9.85. The number of piperidine rings is 1. The van der Waals surface area contributed by atoms with Gasteiger partial charge in [0.25, 0.3) is 0 Å². The molecule has 3 aromatic carbocycles. The average Bonchev–Trinajstić information content (AvgIpc) is 3.50. The van der Waals surface area contributed by atoms with Crippen LogP contribution in [0.3, 0.4) is 0 Å². The number of halogens is 6. The third kappa shape index (κ3) is 7.60. The summed E-state index contributed by atoms with van der Waals surface area (Å²) >= 11 is 0. The first-order valence-electron chi connectivity index (χ1n) is 14.9. The first kappa shape index (κ1) is 33.6. The van der Waals surface area contributed by atoms with Gasteiger partial charge in [-0.3, -0.25) is 4.79 Å². The molecule has 0 spiro atoms. The van der Waals surface area contributed by atoms with Gasteiger partial charge in [0.15, 0.2) is 0 Å². The number of carbonyl (C=O) groups excluding carboxylic acids is 1. The molecule has 0 bridgehead atoms. The van der Waals surface area contributed by atoms with Crippen LogP contribution in [0.2, 0.25) is 0 Å². The van der Waals surface area contributed by atoms with E-state index in [1.165, 1.54) is 31.2 Å². The maximum Gasteiger partial charge on any atom is 0.573 e. The Hall–Kier alpha value is -3.78. The number of para-hydroxylation sites is 1. The number of sulfonamides is 1. The van der Waals surface area contributed by atoms with E-state index in [0.717, 1.165) is 53.9 Å². The lowest BCUT2D eigenvalue weighted by molar-refractivity contribution is -0.275. The fourth-order valence-corrected chi connectivity index (χ4v) is 8.03. The SMILES string of the molecule is Cc1ccc(NC(=O)[C@H]2CCCN(S(=O)(=O)c3ccccc3OC(F)(F)F)[C@H]2c2ccc(NC3CCCC3)cc2)cc1C(F)(F)F. The monoisotopic (exact) mass is 669 g/mol. The van der Waals surface area contributed by atoms with Crippen LogP contribution in [0.5, 0.6) is 5.75 Å². The average molecular weight is 670 g/mol. The van der Waals surface area contributed by atoms with Gasteiger partial charge in [-0.05, 0) is 80.1 Å². The summed E-state index contributed by atoms with van der Waals surface area (Å²) in [5.41, 5.74) is 0.0898. The highest BCUT2D eigenvalue weighted by Crippen LogP contribution is 2.43. The van der Waals surface area contributed by atoms with Crippen LogP contribution >= 0.6 is 0 Å². The maximum atomic E-state index is 14.1. The Morgan fingerprint density at radius 3 is 2.17 bits per heavy atom. The second-order valence-electron chi connectivity index (χ2n) is 11.6. The van der Waals surface area contributed by atoms with E-state index in [-0.39, 0.29) is 36.7 Å². The third-order valence-electron chi connectivity index (χ3n) is 8.37. The van der Waals surface area contributed by atoms with Crippen molar-refractivity contribution in [3.05, 3.63) is 83.4 Å². The molecular formula is C32H33F6N3O4S. The summed E-state index contributed by atoms with van der Waals surface area (Å²) in [5.74, 6) is -2.74. The molecule has 0 radical (unpaired) electrons. The van der Waals surface area contributed by atoms with E-state index in [1.54, 1.807) is 24.3 Å². The molecule has 0 unspecified atom stereocenters. The molecule has 2 fully saturated rings. The van der Waals surface area contributed by atoms with Crippen molar-refractivity contribution >= 4 is 27.3 Å². The minimum absolute atomic E-state index is 0.0376. The van der Waals surface area contributed by atoms with Gasteiger partial charge in [-0.2, -0.15) is 17.5 Å². The summed E-state index contributed by atoms with van der Waals surface area (Å²) in [4.78, 5) is 13.0. The number of rotatable bonds is 8. The number of anilines is 2. The van der Waals surface area contributed by atoms with Gasteiger partial charge < -0.3 is 15.4 Å². The number of benzene rings is 3. The highest BCUT2D eigenvalue weighted by Gasteiger charge is 2.45. The molecule has 1 amide bonds. The summed E-state index contributed by atoms with van der Waals surface area (Å²) in [6, 6.07) is 13.6. The first-order chi connectivity index (χ1) is 21.6. The fraction of sp³-hybridized carbons (Fsp3) is 0.406. The largest absolute Gasteiger partial charge is 0.573 e. The molecule has 3 aromatic rings. The normalized spacial score (nSPS) is 20.0. The Balaban J connectivity index is 1.52. The predicted octanol–water partition coefficient (Wildman–Crippen LogP) is 8.05. The van der Waals surface area contributed by atoms with Gasteiger partial charge in [-0.15, -0.1) is 13.2 Å². The molecule has 1 aliphatic heterocycles. The lowest BCUT2D eigenvalue weighted by Crippen LogP contribution is -2.46. The Morgan fingerprint density at radius 1 is 0.870 bits per heavy atom. The molecule has 2 atom stereocenters. The van der Waals surface area contributed by atoms with Crippen LogP contribution in [0.25, 0.3) is 0 Å². The topological polar surface area (TPSA) is 87.7 Å². The van der Waals surface area contributed by atoms with Crippen LogP contribution in [-0.4, -0.2) is 37.6 Å². The molecule has 1 aliphatic carbocycles. The Labute approximate surface area is 263 Å². The minimum atomic E-state index is -5.17. The van der Waals surface area contributed by atoms with Crippen LogP contribution in [0.15, 0.2) is 71.6 Å². The summed E-state index contributed by atoms with van der Waals surface area (Å²) in [6.45, 7) is 1.17. The highest BCUT2D eigenvalue weighted by atomic mass is 32.2. The van der Waals surface area contributed by atoms with Gasteiger partial charge >= 0.3 is 12.5 Å². The summed E-state index contributed by atoms with van der Waals surface area (Å²) in [7, 11) is -4.70. The molecule has 1 saturated heterocycles. The summed E-state index contributed by atoms with van der Waals surface area (Å²) in [6.07, 6.45) is -5.27. The second kappa shape index (κ2) is 13.1. The molecule has 2 N–H and O–H groups in total. The molecule has 0 aromatic heterocycles. The van der Waals surface area contributed by atoms with Crippen molar-refractivity contribution in [2.24, 2.45) is 5.92 Å². The maximum absolute atomic E-state index is 14.1. The first-order valence-corrected chi connectivity index (χ1v) is 16.3. The van der Waals surface area contributed by atoms with Gasteiger partial charge in [0.1, 0.15) is 10.6 Å². The van der Waals surface area contributed by atoms with Crippen LogP contribution < -0.4 is 15.4 Å². The predicted molar refractivity (Wildman–Crippen MR) is 160 cm³/mol. The zero-order chi connectivity index (χ0) is 33.3. The van der Waals surface area contributed by atoms with Crippen molar-refractivity contribution in [2.75, 3.05) is 17.2 Å². The molecule has 5 rings (SSSR count). The Bertz CT molecular complexity index is 1660. The van der Waals surface area contributed by atoms with Crippen LogP contribution in [0, 0.1) is 12.8 Å². The van der Waals surface area contributed by atoms with Crippen LogP contribution in [-0.2, 0) is 21.0 Å². The second-order valence-corrected chi connectivity index (χ2v) is 13.4. The molecule has 14 heteroatoms. The van der Waals surface area contributed by atoms with Gasteiger partial charge in [-0.1, -0.05) is 43.2 Å². The Morgan fingerprint density at radius 2 is 1.52 bits per heavy atom. The fourth-order valence-electron chi connectivity index (χ4n) is 6.23. The number of alkyl halides is 6. The van der Waals surface area contributed by atoms with Crippen molar-refractivity contribution in [3.63, 3.8) is 0 Å². The Kier molecular flexibility index (Phi) is 9.60. The molecule has 46 heavy (non-hydrogen) atoms. The molecule has 1 saturated carbocycles. The zero-order valence-electron chi connectivity index (χ0n) is 24.8. The van der Waals surface area contributed by atoms with Gasteiger partial charge in [0, 0.05) is 24.0 Å². The van der Waals surface area contributed by atoms with Gasteiger partial charge in [0.2, 0.25) is 15.9 Å². The molecule has 1 heterocycles. The standard InChI is InChI=1S/C32H33F6N3O4S/c1-20-12-15-24(19-26(20)31(33,34)35)40-30(42)25-9-6-18-41(46(43,44)28-11-5-4-10-27(28)45-32(36,37)38)29(25)21-13-16-23(17-14-21)39-22-7-2-3-8-22/h4-5,10-17,19,22,25,29,39H,2-3,6-9,18H2,1H3,(H,40,42)/t25-,29-/m0/s1. The number of aryl methyl sites for hydroxylation is 1. The summed E-state index contributed by atoms with van der Waals surface area (Å²) < 4.78 is 114. The number of carbonyl (C=O) groups is 1. The van der Waals surface area contributed by atoms with Crippen molar-refractivity contribution in [3.8, 4) is 5.75 Å². The van der Waals surface area contributed by atoms with Crippen molar-refractivity contribution in [1.82, 2.24) is 4.31 Å². The number of hydrogen-bond acceptors (Lipinski definition) is 5. The van der Waals surface area contributed by atoms with Crippen LogP contribution in [0.1, 0.15) is 61.3 Å². The molecule has 7 nitrogen and oxygen atoms in total. The van der Waals surface area contributed by atoms with Crippen molar-refractivity contribution in [1.29, 1.82) is 0 Å². The van der Waals surface area contributed by atoms with Gasteiger partial charge in [-0.25, -0.2) is 8.42 Å². The molecule has 2 aliphatic rings. The number of amides is 1. The van der Waals surface area contributed by atoms with Gasteiger partial charge in [0.05, 0.1) is 17.5 Å². The van der Waals surface area contributed by atoms with E-state index in [0.29, 0.717) is 5.56 Å². The van der Waals surface area contributed by atoms with E-state index >= 15 is 0 Å². The van der Waals surface area contributed by atoms with Crippen LogP contribution in [0.4, 0.5) is 37.7 Å². The number of nitrogens with one attached hydrogen (secondary N) is 2. The zero-order valence-corrected chi connectivity index (χ0v) is 25.6. The smallest absolute Gasteiger partial charge is 0.404 e. The highest BCUT2D eigenvalue weighted by molar-refractivity contribution is 7.89. The van der Waals surface area contributed by atoms with E-state index in [9.17, 15) is 39.6 Å². The molecule has 248 valence electrons. The number of ether oxygens (including phenoxy) is 1. The lowest BCUT2D eigenvalue weighted by Gasteiger charge is -2.40. The van der Waals surface area contributed by atoms with E-state index < -0.39 is 56.6 Å². The quantitative estimate of drug-likeness (QED) is 0.237. The molecular weight excluding hydrogens is 636 g/mol. The van der Waals surface area contributed by atoms with E-state index in [2.05, 4.69) is 15.4 Å². The third-order valence-corrected chi connectivity index (χ3v) is 10.3.